The molecule has 0 saturated carbocycles. The lowest BCUT2D eigenvalue weighted by atomic mass is 10.0. The quantitative estimate of drug-likeness (QED) is 0.735. The Labute approximate surface area is 188 Å². The molecule has 1 N–H and O–H groups in total. The Balaban J connectivity index is 2.16. The number of sulfonamides is 1. The molecule has 3 rings (SSSR count). The zero-order valence-corrected chi connectivity index (χ0v) is 19.5. The first-order chi connectivity index (χ1) is 15.1. The summed E-state index contributed by atoms with van der Waals surface area (Å²) < 4.78 is 48.8. The zero-order chi connectivity index (χ0) is 23.6. The van der Waals surface area contributed by atoms with Crippen LogP contribution in [0.1, 0.15) is 20.8 Å². The predicted octanol–water partition coefficient (Wildman–Crippen LogP) is 2.74. The first kappa shape index (κ1) is 24.2. The topological polar surface area (TPSA) is 87.2 Å². The summed E-state index contributed by atoms with van der Waals surface area (Å²) in [4.78, 5) is 13.3. The Morgan fingerprint density at radius 1 is 1.31 bits per heavy atom. The molecule has 9 heteroatoms. The van der Waals surface area contributed by atoms with Gasteiger partial charge in [-0.1, -0.05) is 31.2 Å². The van der Waals surface area contributed by atoms with E-state index in [2.05, 4.69) is 0 Å². The SMILES string of the molecule is CC(=O)N(C)C[C@@H]1Oc2cc(-c3ccccc3F)ccc2S(=O)(=O)N([C@H](C)CO)C[C@@H]1C. The fourth-order valence-electron chi connectivity index (χ4n) is 3.70. The van der Waals surface area contributed by atoms with Crippen LogP contribution in [-0.4, -0.2) is 67.5 Å². The number of hydrogen-bond donors (Lipinski definition) is 1. The fraction of sp³-hybridized carbons (Fsp3) is 0.435. The molecule has 0 spiro atoms. The van der Waals surface area contributed by atoms with Crippen LogP contribution in [0.25, 0.3) is 11.1 Å². The highest BCUT2D eigenvalue weighted by Crippen LogP contribution is 2.37. The molecular formula is C23H29FN2O5S. The number of carbonyl (C=O) groups is 1. The van der Waals surface area contributed by atoms with Crippen LogP contribution in [0.15, 0.2) is 47.4 Å². The Morgan fingerprint density at radius 2 is 2.00 bits per heavy atom. The molecule has 1 heterocycles. The van der Waals surface area contributed by atoms with Crippen LogP contribution in [0, 0.1) is 11.7 Å². The van der Waals surface area contributed by atoms with E-state index in [9.17, 15) is 22.7 Å². The van der Waals surface area contributed by atoms with Gasteiger partial charge in [0.15, 0.2) is 0 Å². The van der Waals surface area contributed by atoms with Crippen LogP contribution in [-0.2, 0) is 14.8 Å². The van der Waals surface area contributed by atoms with Crippen molar-refractivity contribution in [1.29, 1.82) is 0 Å². The number of ether oxygens (including phenoxy) is 1. The van der Waals surface area contributed by atoms with Crippen LogP contribution in [0.2, 0.25) is 0 Å². The third kappa shape index (κ3) is 4.79. The Hall–Kier alpha value is -2.49. The van der Waals surface area contributed by atoms with Crippen molar-refractivity contribution in [2.24, 2.45) is 5.92 Å². The number of likely N-dealkylation sites (N-methyl/N-ethyl adjacent to an activating group) is 1. The van der Waals surface area contributed by atoms with Gasteiger partial charge in [-0.25, -0.2) is 12.8 Å². The third-order valence-corrected chi connectivity index (χ3v) is 7.86. The van der Waals surface area contributed by atoms with E-state index < -0.39 is 28.0 Å². The minimum atomic E-state index is -3.99. The predicted molar refractivity (Wildman–Crippen MR) is 119 cm³/mol. The lowest BCUT2D eigenvalue weighted by Gasteiger charge is -2.37. The first-order valence-electron chi connectivity index (χ1n) is 10.5. The van der Waals surface area contributed by atoms with Gasteiger partial charge >= 0.3 is 0 Å². The molecule has 1 aliphatic heterocycles. The maximum Gasteiger partial charge on any atom is 0.247 e. The van der Waals surface area contributed by atoms with Crippen LogP contribution in [0.3, 0.4) is 0 Å². The molecule has 7 nitrogen and oxygen atoms in total. The molecule has 3 atom stereocenters. The van der Waals surface area contributed by atoms with Gasteiger partial charge in [0, 0.05) is 38.0 Å². The molecule has 1 aliphatic rings. The number of aliphatic hydroxyl groups excluding tert-OH is 1. The molecule has 0 radical (unpaired) electrons. The summed E-state index contributed by atoms with van der Waals surface area (Å²) in [6.07, 6.45) is -0.512. The molecule has 1 amide bonds. The van der Waals surface area contributed by atoms with Crippen molar-refractivity contribution < 1.29 is 27.4 Å². The van der Waals surface area contributed by atoms with E-state index in [1.54, 1.807) is 38.2 Å². The normalized spacial score (nSPS) is 21.6. The standard InChI is InChI=1S/C23H29FN2O5S/c1-15-12-26(16(2)14-27)32(29,30)23-10-9-18(19-7-5-6-8-20(19)24)11-21(23)31-22(15)13-25(4)17(3)28/h5-11,15-16,22,27H,12-14H2,1-4H3/t15-,16+,22-/m0/s1. The van der Waals surface area contributed by atoms with Crippen molar-refractivity contribution in [3.63, 3.8) is 0 Å². The number of benzene rings is 2. The van der Waals surface area contributed by atoms with Gasteiger partial charge in [0.05, 0.1) is 13.2 Å². The molecule has 0 bridgehead atoms. The van der Waals surface area contributed by atoms with Gasteiger partial charge in [0.1, 0.15) is 22.6 Å². The van der Waals surface area contributed by atoms with Gasteiger partial charge in [0.2, 0.25) is 15.9 Å². The summed E-state index contributed by atoms with van der Waals surface area (Å²) in [7, 11) is -2.34. The molecule has 0 fully saturated rings. The van der Waals surface area contributed by atoms with Gasteiger partial charge in [-0.3, -0.25) is 4.79 Å². The lowest BCUT2D eigenvalue weighted by Crippen LogP contribution is -2.50. The molecule has 0 aliphatic carbocycles. The minimum absolute atomic E-state index is 0.0553. The van der Waals surface area contributed by atoms with Crippen molar-refractivity contribution in [3.8, 4) is 16.9 Å². The van der Waals surface area contributed by atoms with Crippen molar-refractivity contribution in [2.75, 3.05) is 26.7 Å². The minimum Gasteiger partial charge on any atom is -0.487 e. The van der Waals surface area contributed by atoms with E-state index >= 15 is 0 Å². The third-order valence-electron chi connectivity index (χ3n) is 5.84. The highest BCUT2D eigenvalue weighted by molar-refractivity contribution is 7.89. The van der Waals surface area contributed by atoms with Crippen LogP contribution >= 0.6 is 0 Å². The highest BCUT2D eigenvalue weighted by atomic mass is 32.2. The molecular weight excluding hydrogens is 435 g/mol. The van der Waals surface area contributed by atoms with E-state index in [1.165, 1.54) is 34.3 Å². The van der Waals surface area contributed by atoms with E-state index in [0.29, 0.717) is 11.1 Å². The number of halogens is 1. The van der Waals surface area contributed by atoms with E-state index in [1.807, 2.05) is 6.92 Å². The average molecular weight is 465 g/mol. The van der Waals surface area contributed by atoms with Gasteiger partial charge in [0.25, 0.3) is 0 Å². The average Bonchev–Trinajstić information content (AvgIpc) is 2.75. The lowest BCUT2D eigenvalue weighted by molar-refractivity contribution is -0.129. The molecule has 0 unspecified atom stereocenters. The summed E-state index contributed by atoms with van der Waals surface area (Å²) in [6.45, 7) is 4.96. The summed E-state index contributed by atoms with van der Waals surface area (Å²) in [5, 5.41) is 9.69. The maximum absolute atomic E-state index is 14.4. The van der Waals surface area contributed by atoms with E-state index in [4.69, 9.17) is 4.74 Å². The summed E-state index contributed by atoms with van der Waals surface area (Å²) >= 11 is 0. The van der Waals surface area contributed by atoms with Crippen LogP contribution in [0.4, 0.5) is 4.39 Å². The zero-order valence-electron chi connectivity index (χ0n) is 18.7. The molecule has 0 saturated heterocycles. The molecule has 32 heavy (non-hydrogen) atoms. The molecule has 2 aromatic rings. The summed E-state index contributed by atoms with van der Waals surface area (Å²) in [5.41, 5.74) is 0.801. The monoisotopic (exact) mass is 464 g/mol. The van der Waals surface area contributed by atoms with Crippen LogP contribution in [0.5, 0.6) is 5.75 Å². The van der Waals surface area contributed by atoms with Crippen molar-refractivity contribution >= 4 is 15.9 Å². The number of carbonyl (C=O) groups excluding carboxylic acids is 1. The molecule has 0 aromatic heterocycles. The second-order valence-electron chi connectivity index (χ2n) is 8.28. The smallest absolute Gasteiger partial charge is 0.247 e. The summed E-state index contributed by atoms with van der Waals surface area (Å²) in [6, 6.07) is 10.0. The Bertz CT molecular complexity index is 1090. The number of aliphatic hydroxyl groups is 1. The van der Waals surface area contributed by atoms with Crippen molar-refractivity contribution in [1.82, 2.24) is 9.21 Å². The van der Waals surface area contributed by atoms with Crippen molar-refractivity contribution in [3.05, 3.63) is 48.3 Å². The number of nitrogens with zero attached hydrogens (tertiary/aromatic N) is 2. The molecule has 2 aromatic carbocycles. The van der Waals surface area contributed by atoms with Gasteiger partial charge in [-0.15, -0.1) is 0 Å². The largest absolute Gasteiger partial charge is 0.487 e. The van der Waals surface area contributed by atoms with Crippen molar-refractivity contribution in [2.45, 2.75) is 37.8 Å². The fourth-order valence-corrected chi connectivity index (χ4v) is 5.53. The highest BCUT2D eigenvalue weighted by Gasteiger charge is 2.38. The number of fused-ring (bicyclic) bond motifs is 1. The Kier molecular flexibility index (Phi) is 7.22. The van der Waals surface area contributed by atoms with E-state index in [0.717, 1.165) is 0 Å². The maximum atomic E-state index is 14.4. The number of hydrogen-bond acceptors (Lipinski definition) is 5. The summed E-state index contributed by atoms with van der Waals surface area (Å²) in [5.74, 6) is -0.769. The molecule has 174 valence electrons. The second-order valence-corrected chi connectivity index (χ2v) is 10.1. The van der Waals surface area contributed by atoms with Gasteiger partial charge < -0.3 is 14.7 Å². The first-order valence-corrected chi connectivity index (χ1v) is 11.9. The number of rotatable bonds is 5. The van der Waals surface area contributed by atoms with Gasteiger partial charge in [-0.2, -0.15) is 4.31 Å². The van der Waals surface area contributed by atoms with Gasteiger partial charge in [-0.05, 0) is 30.7 Å². The second kappa shape index (κ2) is 9.56. The van der Waals surface area contributed by atoms with Crippen LogP contribution < -0.4 is 4.74 Å². The van der Waals surface area contributed by atoms with E-state index in [-0.39, 0.29) is 42.2 Å². The Morgan fingerprint density at radius 3 is 2.62 bits per heavy atom. The number of amides is 1.